The van der Waals surface area contributed by atoms with Gasteiger partial charge in [0.25, 0.3) is 5.91 Å². The van der Waals surface area contributed by atoms with E-state index in [1.54, 1.807) is 22.7 Å². The lowest BCUT2D eigenvalue weighted by Gasteiger charge is -2.25. The number of nitrogens with one attached hydrogen (secondary N) is 1. The number of rotatable bonds is 5. The topological polar surface area (TPSA) is 88.4 Å². The monoisotopic (exact) mass is 506 g/mol. The number of anilines is 1. The average molecular weight is 507 g/mol. The van der Waals surface area contributed by atoms with Crippen LogP contribution < -0.4 is 5.32 Å². The average Bonchev–Trinajstić information content (AvgIpc) is 3.48. The smallest absolute Gasteiger partial charge is 0.312 e. The number of nitro groups is 1. The van der Waals surface area contributed by atoms with Gasteiger partial charge < -0.3 is 5.32 Å². The van der Waals surface area contributed by atoms with E-state index in [2.05, 4.69) is 23.2 Å². The predicted octanol–water partition coefficient (Wildman–Crippen LogP) is 6.05. The van der Waals surface area contributed by atoms with Crippen molar-refractivity contribution in [3.05, 3.63) is 61.8 Å². The molecule has 7 nitrogen and oxygen atoms in total. The Morgan fingerprint density at radius 3 is 2.75 bits per heavy atom. The van der Waals surface area contributed by atoms with E-state index in [-0.39, 0.29) is 23.3 Å². The number of hydrogen-bond acceptors (Lipinski definition) is 8. The maximum Gasteiger partial charge on any atom is 0.324 e. The molecule has 0 radical (unpaired) electrons. The molecule has 1 aromatic carbocycles. The summed E-state index contributed by atoms with van der Waals surface area (Å²) in [6, 6.07) is 10.9. The Morgan fingerprint density at radius 1 is 1.22 bits per heavy atom. The van der Waals surface area contributed by atoms with Gasteiger partial charge in [-0.2, -0.15) is 0 Å². The maximum absolute atomic E-state index is 12.9. The van der Waals surface area contributed by atoms with Crippen LogP contribution in [-0.2, 0) is 13.0 Å². The Morgan fingerprint density at radius 2 is 2.03 bits per heavy atom. The van der Waals surface area contributed by atoms with Crippen molar-refractivity contribution < 1.29 is 9.72 Å². The van der Waals surface area contributed by atoms with Gasteiger partial charge in [-0.1, -0.05) is 30.4 Å². The van der Waals surface area contributed by atoms with Crippen molar-refractivity contribution in [2.75, 3.05) is 18.4 Å². The number of carbonyl (C=O) groups excluding carboxylic acids is 1. The number of para-hydroxylation sites is 1. The first-order valence-electron chi connectivity index (χ1n) is 9.82. The third kappa shape index (κ3) is 4.16. The van der Waals surface area contributed by atoms with Crippen LogP contribution in [-0.4, -0.2) is 33.8 Å². The number of thiophene rings is 2. The third-order valence-electron chi connectivity index (χ3n) is 5.31. The molecule has 4 aromatic rings. The van der Waals surface area contributed by atoms with Crippen LogP contribution in [0.25, 0.3) is 20.8 Å². The van der Waals surface area contributed by atoms with Crippen molar-refractivity contribution >= 4 is 72.5 Å². The van der Waals surface area contributed by atoms with E-state index >= 15 is 0 Å². The highest BCUT2D eigenvalue weighted by molar-refractivity contribution is 7.23. The summed E-state index contributed by atoms with van der Waals surface area (Å²) in [4.78, 5) is 32.2. The molecule has 0 bridgehead atoms. The zero-order valence-electron chi connectivity index (χ0n) is 17.0. The van der Waals surface area contributed by atoms with Crippen LogP contribution in [0.5, 0.6) is 0 Å². The van der Waals surface area contributed by atoms with E-state index in [9.17, 15) is 14.9 Å². The first-order valence-corrected chi connectivity index (χ1v) is 12.3. The van der Waals surface area contributed by atoms with Gasteiger partial charge in [0.1, 0.15) is 10.0 Å². The molecule has 0 fully saturated rings. The summed E-state index contributed by atoms with van der Waals surface area (Å²) < 4.78 is 1.11. The first kappa shape index (κ1) is 22.8. The predicted molar refractivity (Wildman–Crippen MR) is 134 cm³/mol. The molecule has 0 aliphatic carbocycles. The van der Waals surface area contributed by atoms with E-state index < -0.39 is 4.92 Å². The van der Waals surface area contributed by atoms with E-state index in [1.807, 2.05) is 18.2 Å². The lowest BCUT2D eigenvalue weighted by atomic mass is 10.0. The number of carbonyl (C=O) groups is 1. The molecule has 0 spiro atoms. The second kappa shape index (κ2) is 9.24. The molecule has 32 heavy (non-hydrogen) atoms. The van der Waals surface area contributed by atoms with Crippen molar-refractivity contribution in [2.24, 2.45) is 0 Å². The minimum absolute atomic E-state index is 0. The number of thiazole rings is 1. The van der Waals surface area contributed by atoms with Crippen molar-refractivity contribution in [3.8, 4) is 10.6 Å². The van der Waals surface area contributed by atoms with Gasteiger partial charge in [-0.25, -0.2) is 4.98 Å². The highest BCUT2D eigenvalue weighted by Gasteiger charge is 2.28. The molecular formula is C21H19ClN4O3S3. The Labute approximate surface area is 202 Å². The fourth-order valence-electron chi connectivity index (χ4n) is 3.73. The quantitative estimate of drug-likeness (QED) is 0.263. The first-order chi connectivity index (χ1) is 15.0. The molecule has 166 valence electrons. The van der Waals surface area contributed by atoms with Crippen LogP contribution >= 0.6 is 46.4 Å². The van der Waals surface area contributed by atoms with E-state index in [1.165, 1.54) is 22.6 Å². The van der Waals surface area contributed by atoms with E-state index in [0.29, 0.717) is 4.88 Å². The molecule has 0 saturated carbocycles. The van der Waals surface area contributed by atoms with Crippen LogP contribution in [0.1, 0.15) is 27.0 Å². The summed E-state index contributed by atoms with van der Waals surface area (Å²) in [5.74, 6) is -0.327. The lowest BCUT2D eigenvalue weighted by Crippen LogP contribution is -2.29. The molecule has 0 atom stereocenters. The summed E-state index contributed by atoms with van der Waals surface area (Å²) in [7, 11) is 0. The van der Waals surface area contributed by atoms with Crippen molar-refractivity contribution in [1.29, 1.82) is 0 Å². The van der Waals surface area contributed by atoms with Crippen molar-refractivity contribution in [3.63, 3.8) is 0 Å². The summed E-state index contributed by atoms with van der Waals surface area (Å²) in [5.41, 5.74) is 3.19. The maximum atomic E-state index is 12.9. The van der Waals surface area contributed by atoms with Gasteiger partial charge in [-0.15, -0.1) is 35.1 Å². The molecule has 0 saturated heterocycles. The van der Waals surface area contributed by atoms with Crippen molar-refractivity contribution in [2.45, 2.75) is 19.9 Å². The number of hydrogen-bond donors (Lipinski definition) is 1. The fourth-order valence-corrected chi connectivity index (χ4v) is 6.84. The second-order valence-electron chi connectivity index (χ2n) is 7.16. The summed E-state index contributed by atoms with van der Waals surface area (Å²) in [6.45, 7) is 4.96. The lowest BCUT2D eigenvalue weighted by molar-refractivity contribution is -0.380. The number of fused-ring (bicyclic) bond motifs is 2. The minimum Gasteiger partial charge on any atom is -0.312 e. The minimum atomic E-state index is -0.475. The second-order valence-corrected chi connectivity index (χ2v) is 10.4. The highest BCUT2D eigenvalue weighted by atomic mass is 35.5. The summed E-state index contributed by atoms with van der Waals surface area (Å²) in [5, 5.41) is 15.6. The Kier molecular flexibility index (Phi) is 6.59. The molecule has 5 rings (SSSR count). The Balaban J connectivity index is 0.00000245. The highest BCUT2D eigenvalue weighted by Crippen LogP contribution is 2.46. The van der Waals surface area contributed by atoms with Gasteiger partial charge >= 0.3 is 5.00 Å². The molecule has 1 aliphatic heterocycles. The Hall–Kier alpha value is -2.37. The number of aromatic nitrogens is 1. The van der Waals surface area contributed by atoms with Crippen LogP contribution in [0.2, 0.25) is 0 Å². The SMILES string of the molecule is CCN1CCc2c(sc(NC(=O)c3ccc([N+](=O)[O-])s3)c2-c2nc3ccccc3s2)C1.Cl. The van der Waals surface area contributed by atoms with E-state index in [4.69, 9.17) is 4.98 Å². The number of likely N-dealkylation sites (N-methyl/N-ethyl adjacent to an activating group) is 1. The van der Waals surface area contributed by atoms with Gasteiger partial charge in [-0.05, 0) is 36.7 Å². The normalized spacial score (nSPS) is 13.5. The zero-order valence-corrected chi connectivity index (χ0v) is 20.3. The van der Waals surface area contributed by atoms with Gasteiger partial charge in [0.2, 0.25) is 0 Å². The fraction of sp³-hybridized carbons (Fsp3) is 0.238. The van der Waals surface area contributed by atoms with Crippen LogP contribution in [0, 0.1) is 10.1 Å². The number of amides is 1. The molecule has 3 aromatic heterocycles. The van der Waals surface area contributed by atoms with Gasteiger partial charge in [0.05, 0.1) is 20.0 Å². The molecule has 0 unspecified atom stereocenters. The molecule has 1 aliphatic rings. The number of nitrogens with zero attached hydrogens (tertiary/aromatic N) is 3. The molecule has 1 amide bonds. The molecule has 4 heterocycles. The summed E-state index contributed by atoms with van der Waals surface area (Å²) >= 11 is 4.09. The number of halogens is 1. The Bertz CT molecular complexity index is 1280. The van der Waals surface area contributed by atoms with Crippen LogP contribution in [0.3, 0.4) is 0 Å². The van der Waals surface area contributed by atoms with Crippen molar-refractivity contribution in [1.82, 2.24) is 9.88 Å². The zero-order chi connectivity index (χ0) is 21.5. The molecule has 1 N–H and O–H groups in total. The van der Waals surface area contributed by atoms with E-state index in [0.717, 1.165) is 63.2 Å². The van der Waals surface area contributed by atoms with Crippen LogP contribution in [0.4, 0.5) is 10.0 Å². The van der Waals surface area contributed by atoms with Crippen LogP contribution in [0.15, 0.2) is 36.4 Å². The van der Waals surface area contributed by atoms with Gasteiger partial charge in [-0.3, -0.25) is 19.8 Å². The summed E-state index contributed by atoms with van der Waals surface area (Å²) in [6.07, 6.45) is 0.908. The van der Waals surface area contributed by atoms with Gasteiger partial charge in [0, 0.05) is 29.6 Å². The molecular weight excluding hydrogens is 488 g/mol. The number of benzene rings is 1. The largest absolute Gasteiger partial charge is 0.324 e. The molecule has 11 heteroatoms. The third-order valence-corrected chi connectivity index (χ3v) is 8.54. The standard InChI is InChI=1S/C21H18N4O3S3.ClH/c1-2-24-10-9-12-16(11-24)31-21(23-19(26)15-7-8-17(29-15)25(27)28)18(12)20-22-13-5-3-4-6-14(13)30-20;/h3-8H,2,9-11H2,1H3,(H,23,26);1H. The van der Waals surface area contributed by atoms with Gasteiger partial charge in [0.15, 0.2) is 0 Å².